The first-order valence-electron chi connectivity index (χ1n) is 32.1. The minimum atomic E-state index is -0.217. The van der Waals surface area contributed by atoms with Crippen LogP contribution in [0.3, 0.4) is 0 Å². The number of carbonyl (C=O) groups excluding carboxylic acids is 2. The topological polar surface area (TPSA) is 58.2 Å². The molecule has 6 aromatic heterocycles. The van der Waals surface area contributed by atoms with Crippen molar-refractivity contribution in [2.75, 3.05) is 0 Å². The lowest BCUT2D eigenvalue weighted by atomic mass is 9.91. The zero-order valence-electron chi connectivity index (χ0n) is 49.4. The maximum Gasteiger partial charge on any atom is 0.258 e. The Morgan fingerprint density at radius 1 is 0.287 bits per heavy atom. The third-order valence-corrected chi connectivity index (χ3v) is 24.1. The Bertz CT molecular complexity index is 2650. The summed E-state index contributed by atoms with van der Waals surface area (Å²) in [6.07, 6.45) is 46.5. The Kier molecular flexibility index (Phi) is 27.0. The largest absolute Gasteiger partial charge is 0.320 e. The average molecular weight is 1190 g/mol. The van der Waals surface area contributed by atoms with Gasteiger partial charge < -0.3 is 10.6 Å². The number of amides is 2. The first kappa shape index (κ1) is 62.7. The van der Waals surface area contributed by atoms with E-state index in [0.717, 1.165) is 31.3 Å². The lowest BCUT2D eigenvalue weighted by Gasteiger charge is -2.16. The molecule has 6 aromatic rings. The van der Waals surface area contributed by atoms with Crippen molar-refractivity contribution in [3.05, 3.63) is 103 Å². The highest BCUT2D eigenvalue weighted by Gasteiger charge is 2.41. The maximum atomic E-state index is 13.8. The van der Waals surface area contributed by atoms with Crippen LogP contribution in [-0.2, 0) is 22.4 Å². The molecule has 0 fully saturated rings. The Labute approximate surface area is 507 Å². The zero-order valence-corrected chi connectivity index (χ0v) is 54.3. The molecule has 0 radical (unpaired) electrons. The Hall–Kier alpha value is -3.38. The third-order valence-electron chi connectivity index (χ3n) is 16.7. The molecular weight excluding hydrogens is 1090 g/mol. The molecule has 10 heteroatoms. The molecule has 0 bridgehead atoms. The van der Waals surface area contributed by atoms with Crippen molar-refractivity contribution in [1.29, 1.82) is 0 Å². The number of hydrogen-bond donors (Lipinski definition) is 2. The Balaban J connectivity index is 0.873. The fraction of sp³-hybridized carbons (Fsp3) is 0.571. The van der Waals surface area contributed by atoms with E-state index in [2.05, 4.69) is 111 Å². The van der Waals surface area contributed by atoms with Crippen molar-refractivity contribution in [3.63, 3.8) is 0 Å². The van der Waals surface area contributed by atoms with Gasteiger partial charge in [0.2, 0.25) is 0 Å². The predicted molar refractivity (Wildman–Crippen MR) is 357 cm³/mol. The standard InChI is InChI=1S/C70H96N2O2S6/c1-5-9-13-17-21-23-27-31-35-51(33-29-25-19-15-11-7-3)49-53-37-39-55(75-53)57-41-43-59(77-57)61-45-47-63(79-61)67-65-66(70(74)71-67)68(72-69(65)73)64-48-46-62(80-64)60-44-42-58(78-60)56-40-38-54(76-56)50-52(34-30-26-20-16-12-8-4)36-32-28-24-22-18-14-10-6-2/h37-48,51-52H,5-36,49-50H2,1-4H3,(H,71,74)(H,72,73). The summed E-state index contributed by atoms with van der Waals surface area (Å²) >= 11 is 10.9. The smallest absolute Gasteiger partial charge is 0.258 e. The number of hydrogen-bond acceptors (Lipinski definition) is 8. The van der Waals surface area contributed by atoms with Crippen LogP contribution in [0.25, 0.3) is 50.4 Å². The Morgan fingerprint density at radius 2 is 0.512 bits per heavy atom. The SMILES string of the molecule is CCCCCCCCCCC(CCCCCCCC)Cc1ccc(-c2ccc(-c3ccc(C4=C5C(=O)NC(c6ccc(-c7ccc(-c8ccc(CC(CCCCCCCC)CCCCCCCCCC)s8)s7)s6)=C5C(=O)N4)s3)s2)s1. The van der Waals surface area contributed by atoms with Gasteiger partial charge in [-0.05, 0) is 97.5 Å². The van der Waals surface area contributed by atoms with Gasteiger partial charge in [0.05, 0.1) is 32.3 Å². The summed E-state index contributed by atoms with van der Waals surface area (Å²) in [4.78, 5) is 42.6. The van der Waals surface area contributed by atoms with E-state index in [1.165, 1.54) is 257 Å². The van der Waals surface area contributed by atoms with Crippen molar-refractivity contribution in [3.8, 4) is 39.0 Å². The van der Waals surface area contributed by atoms with Crippen LogP contribution in [0.1, 0.15) is 253 Å². The summed E-state index contributed by atoms with van der Waals surface area (Å²) in [6.45, 7) is 9.22. The monoisotopic (exact) mass is 1190 g/mol. The van der Waals surface area contributed by atoms with Gasteiger partial charge in [-0.3, -0.25) is 9.59 Å². The van der Waals surface area contributed by atoms with Crippen molar-refractivity contribution in [2.24, 2.45) is 11.8 Å². The second-order valence-electron chi connectivity index (χ2n) is 23.4. The minimum absolute atomic E-state index is 0.217. The minimum Gasteiger partial charge on any atom is -0.320 e. The van der Waals surface area contributed by atoms with Gasteiger partial charge in [0.25, 0.3) is 11.8 Å². The summed E-state index contributed by atoms with van der Waals surface area (Å²) in [5.74, 6) is 1.12. The van der Waals surface area contributed by atoms with Crippen LogP contribution in [0.2, 0.25) is 0 Å². The first-order valence-corrected chi connectivity index (χ1v) is 37.0. The number of thiophene rings is 6. The molecule has 2 aliphatic heterocycles. The highest BCUT2D eigenvalue weighted by molar-refractivity contribution is 7.27. The summed E-state index contributed by atoms with van der Waals surface area (Å²) < 4.78 is 0. The van der Waals surface area contributed by atoms with Gasteiger partial charge in [-0.25, -0.2) is 0 Å². The van der Waals surface area contributed by atoms with E-state index in [-0.39, 0.29) is 11.8 Å². The summed E-state index contributed by atoms with van der Waals surface area (Å²) in [6, 6.07) is 26.9. The van der Waals surface area contributed by atoms with Crippen molar-refractivity contribution >= 4 is 91.2 Å². The number of fused-ring (bicyclic) bond motifs is 1. The van der Waals surface area contributed by atoms with Crippen LogP contribution in [0, 0.1) is 11.8 Å². The molecule has 2 unspecified atom stereocenters. The zero-order chi connectivity index (χ0) is 55.7. The van der Waals surface area contributed by atoms with Crippen molar-refractivity contribution in [2.45, 2.75) is 246 Å². The van der Waals surface area contributed by atoms with E-state index in [9.17, 15) is 9.59 Å². The molecule has 434 valence electrons. The van der Waals surface area contributed by atoms with Gasteiger partial charge in [0.1, 0.15) is 0 Å². The lowest BCUT2D eigenvalue weighted by Crippen LogP contribution is -2.20. The molecule has 80 heavy (non-hydrogen) atoms. The average Bonchev–Trinajstić information content (AvgIpc) is 4.37. The van der Waals surface area contributed by atoms with Crippen LogP contribution >= 0.6 is 68.0 Å². The molecule has 4 nitrogen and oxygen atoms in total. The molecule has 0 spiro atoms. The third kappa shape index (κ3) is 18.8. The highest BCUT2D eigenvalue weighted by Crippen LogP contribution is 2.47. The molecule has 2 N–H and O–H groups in total. The number of carbonyl (C=O) groups is 2. The van der Waals surface area contributed by atoms with E-state index in [1.807, 2.05) is 45.3 Å². The van der Waals surface area contributed by atoms with Crippen molar-refractivity contribution < 1.29 is 9.59 Å². The lowest BCUT2D eigenvalue weighted by molar-refractivity contribution is -0.117. The summed E-state index contributed by atoms with van der Waals surface area (Å²) in [5, 5.41) is 6.26. The highest BCUT2D eigenvalue weighted by atomic mass is 32.1. The number of rotatable bonds is 42. The van der Waals surface area contributed by atoms with Crippen LogP contribution in [0.4, 0.5) is 0 Å². The van der Waals surface area contributed by atoms with Gasteiger partial charge in [-0.1, -0.05) is 233 Å². The van der Waals surface area contributed by atoms with Gasteiger partial charge in [0.15, 0.2) is 0 Å². The van der Waals surface area contributed by atoms with Crippen LogP contribution < -0.4 is 10.6 Å². The van der Waals surface area contributed by atoms with Crippen molar-refractivity contribution in [1.82, 2.24) is 10.6 Å². The molecule has 0 aliphatic carbocycles. The fourth-order valence-corrected chi connectivity index (χ4v) is 18.7. The predicted octanol–water partition coefficient (Wildman–Crippen LogP) is 24.0. The maximum absolute atomic E-state index is 13.8. The summed E-state index contributed by atoms with van der Waals surface area (Å²) in [7, 11) is 0. The van der Waals surface area contributed by atoms with Crippen LogP contribution in [0.15, 0.2) is 83.9 Å². The molecule has 8 rings (SSSR count). The summed E-state index contributed by atoms with van der Waals surface area (Å²) in [5.41, 5.74) is 2.16. The van der Waals surface area contributed by atoms with Gasteiger partial charge >= 0.3 is 0 Å². The molecule has 2 amide bonds. The number of unbranched alkanes of at least 4 members (excludes halogenated alkanes) is 24. The van der Waals surface area contributed by atoms with E-state index in [0.29, 0.717) is 22.5 Å². The van der Waals surface area contributed by atoms with E-state index in [1.54, 1.807) is 22.7 Å². The fourth-order valence-electron chi connectivity index (χ4n) is 12.0. The van der Waals surface area contributed by atoms with Gasteiger partial charge in [-0.2, -0.15) is 0 Å². The van der Waals surface area contributed by atoms with Crippen LogP contribution in [-0.4, -0.2) is 11.8 Å². The molecule has 0 aromatic carbocycles. The van der Waals surface area contributed by atoms with E-state index in [4.69, 9.17) is 0 Å². The van der Waals surface area contributed by atoms with Crippen LogP contribution in [0.5, 0.6) is 0 Å². The second-order valence-corrected chi connectivity index (χ2v) is 30.0. The molecular formula is C70H96N2O2S6. The van der Waals surface area contributed by atoms with Gasteiger partial charge in [-0.15, -0.1) is 68.0 Å². The molecule has 8 heterocycles. The Morgan fingerprint density at radius 3 is 0.800 bits per heavy atom. The quantitative estimate of drug-likeness (QED) is 0.0375. The first-order chi connectivity index (χ1) is 39.3. The molecule has 2 aliphatic rings. The van der Waals surface area contributed by atoms with E-state index < -0.39 is 0 Å². The normalized spacial score (nSPS) is 14.2. The van der Waals surface area contributed by atoms with Gasteiger partial charge in [0, 0.05) is 48.8 Å². The number of nitrogens with one attached hydrogen (secondary N) is 2. The van der Waals surface area contributed by atoms with E-state index >= 15 is 0 Å². The molecule has 0 saturated carbocycles. The molecule has 2 atom stereocenters. The molecule has 0 saturated heterocycles. The second kappa shape index (κ2) is 34.4.